The molecule has 0 saturated carbocycles. The molecule has 0 aliphatic carbocycles. The molecule has 2 saturated heterocycles. The SMILES string of the molecule is O=C(N[C@H]1CCN(Cc2ccccc2)C1)C1CCN(S(=O)(=O)c2ccc3c(c2)OCCO3)CC1. The first-order chi connectivity index (χ1) is 16.5. The predicted octanol–water partition coefficient (Wildman–Crippen LogP) is 2.25. The molecular weight excluding hydrogens is 454 g/mol. The fraction of sp³-hybridized carbons (Fsp3) is 0.480. The highest BCUT2D eigenvalue weighted by Gasteiger charge is 2.34. The molecule has 5 rings (SSSR count). The van der Waals surface area contributed by atoms with Crippen LogP contribution in [-0.2, 0) is 21.4 Å². The van der Waals surface area contributed by atoms with E-state index >= 15 is 0 Å². The van der Waals surface area contributed by atoms with Gasteiger partial charge in [0.2, 0.25) is 15.9 Å². The molecule has 8 nitrogen and oxygen atoms in total. The Hall–Kier alpha value is -2.62. The quantitative estimate of drug-likeness (QED) is 0.675. The number of ether oxygens (including phenoxy) is 2. The second-order valence-electron chi connectivity index (χ2n) is 9.20. The van der Waals surface area contributed by atoms with Gasteiger partial charge in [-0.25, -0.2) is 8.42 Å². The third-order valence-corrected chi connectivity index (χ3v) is 8.74. The highest BCUT2D eigenvalue weighted by atomic mass is 32.2. The van der Waals surface area contributed by atoms with Crippen molar-refractivity contribution in [1.82, 2.24) is 14.5 Å². The molecule has 1 amide bonds. The Morgan fingerprint density at radius 3 is 2.44 bits per heavy atom. The molecule has 3 aliphatic heterocycles. The van der Waals surface area contributed by atoms with E-state index in [4.69, 9.17) is 9.47 Å². The first kappa shape index (κ1) is 23.1. The van der Waals surface area contributed by atoms with Crippen molar-refractivity contribution in [3.05, 3.63) is 54.1 Å². The summed E-state index contributed by atoms with van der Waals surface area (Å²) in [6, 6.07) is 15.2. The van der Waals surface area contributed by atoms with Gasteiger partial charge < -0.3 is 14.8 Å². The Morgan fingerprint density at radius 1 is 0.941 bits per heavy atom. The molecule has 0 spiro atoms. The fourth-order valence-corrected chi connectivity index (χ4v) is 6.43. The van der Waals surface area contributed by atoms with Crippen LogP contribution in [-0.4, -0.2) is 69.0 Å². The van der Waals surface area contributed by atoms with Gasteiger partial charge in [-0.05, 0) is 37.0 Å². The summed E-state index contributed by atoms with van der Waals surface area (Å²) >= 11 is 0. The van der Waals surface area contributed by atoms with E-state index in [1.54, 1.807) is 12.1 Å². The standard InChI is InChI=1S/C25H31N3O5S/c29-25(26-21-10-11-27(18-21)17-19-4-2-1-3-5-19)20-8-12-28(13-9-20)34(30,31)22-6-7-23-24(16-22)33-15-14-32-23/h1-7,16,20-21H,8-15,17-18H2,(H,26,29)/t21-/m0/s1. The normalized spacial score (nSPS) is 21.9. The zero-order valence-corrected chi connectivity index (χ0v) is 20.0. The summed E-state index contributed by atoms with van der Waals surface area (Å²) in [6.45, 7) is 4.23. The molecule has 0 radical (unpaired) electrons. The van der Waals surface area contributed by atoms with Crippen LogP contribution in [0.3, 0.4) is 0 Å². The van der Waals surface area contributed by atoms with Crippen molar-refractivity contribution >= 4 is 15.9 Å². The van der Waals surface area contributed by atoms with Gasteiger partial charge in [0.25, 0.3) is 0 Å². The van der Waals surface area contributed by atoms with Crippen molar-refractivity contribution in [1.29, 1.82) is 0 Å². The zero-order valence-electron chi connectivity index (χ0n) is 19.2. The summed E-state index contributed by atoms with van der Waals surface area (Å²) < 4.78 is 38.8. The Bertz CT molecular complexity index is 1120. The smallest absolute Gasteiger partial charge is 0.243 e. The van der Waals surface area contributed by atoms with Gasteiger partial charge in [-0.3, -0.25) is 9.69 Å². The van der Waals surface area contributed by atoms with Gasteiger partial charge >= 0.3 is 0 Å². The number of likely N-dealkylation sites (tertiary alicyclic amines) is 1. The molecule has 3 aliphatic rings. The van der Waals surface area contributed by atoms with Crippen LogP contribution in [0.25, 0.3) is 0 Å². The number of amides is 1. The molecule has 0 unspecified atom stereocenters. The van der Waals surface area contributed by atoms with Crippen molar-refractivity contribution in [3.63, 3.8) is 0 Å². The number of carbonyl (C=O) groups excluding carboxylic acids is 1. The molecule has 182 valence electrons. The molecule has 3 heterocycles. The first-order valence-corrected chi connectivity index (χ1v) is 13.4. The zero-order chi connectivity index (χ0) is 23.5. The Morgan fingerprint density at radius 2 is 1.68 bits per heavy atom. The van der Waals surface area contributed by atoms with Crippen LogP contribution in [0.1, 0.15) is 24.8 Å². The van der Waals surface area contributed by atoms with Gasteiger partial charge in [0.1, 0.15) is 13.2 Å². The highest BCUT2D eigenvalue weighted by Crippen LogP contribution is 2.34. The molecule has 34 heavy (non-hydrogen) atoms. The maximum absolute atomic E-state index is 13.1. The summed E-state index contributed by atoms with van der Waals surface area (Å²) in [6.07, 6.45) is 1.99. The van der Waals surface area contributed by atoms with E-state index in [1.165, 1.54) is 15.9 Å². The maximum Gasteiger partial charge on any atom is 0.243 e. The van der Waals surface area contributed by atoms with Crippen LogP contribution in [0.2, 0.25) is 0 Å². The van der Waals surface area contributed by atoms with Crippen molar-refractivity contribution in [2.75, 3.05) is 39.4 Å². The minimum absolute atomic E-state index is 0.0444. The molecule has 0 bridgehead atoms. The van der Waals surface area contributed by atoms with Crippen molar-refractivity contribution in [2.45, 2.75) is 36.7 Å². The molecule has 2 aromatic rings. The third kappa shape index (κ3) is 5.06. The minimum atomic E-state index is -3.64. The predicted molar refractivity (Wildman–Crippen MR) is 127 cm³/mol. The molecule has 2 aromatic carbocycles. The summed E-state index contributed by atoms with van der Waals surface area (Å²) in [4.78, 5) is 15.4. The van der Waals surface area contributed by atoms with Crippen LogP contribution >= 0.6 is 0 Å². The van der Waals surface area contributed by atoms with Crippen molar-refractivity contribution in [3.8, 4) is 11.5 Å². The first-order valence-electron chi connectivity index (χ1n) is 12.0. The van der Waals surface area contributed by atoms with E-state index in [-0.39, 0.29) is 22.8 Å². The van der Waals surface area contributed by atoms with Crippen LogP contribution < -0.4 is 14.8 Å². The number of carbonyl (C=O) groups is 1. The number of hydrogen-bond donors (Lipinski definition) is 1. The average Bonchev–Trinajstić information content (AvgIpc) is 3.30. The number of hydrogen-bond acceptors (Lipinski definition) is 6. The largest absolute Gasteiger partial charge is 0.486 e. The van der Waals surface area contributed by atoms with E-state index < -0.39 is 10.0 Å². The number of benzene rings is 2. The van der Waals surface area contributed by atoms with E-state index in [2.05, 4.69) is 22.3 Å². The molecule has 0 aromatic heterocycles. The van der Waals surface area contributed by atoms with Gasteiger partial charge in [0.15, 0.2) is 11.5 Å². The van der Waals surface area contributed by atoms with Gasteiger partial charge in [0, 0.05) is 50.7 Å². The van der Waals surface area contributed by atoms with Crippen LogP contribution in [0.15, 0.2) is 53.4 Å². The van der Waals surface area contributed by atoms with Gasteiger partial charge in [0.05, 0.1) is 4.90 Å². The average molecular weight is 486 g/mol. The Balaban J connectivity index is 1.12. The number of nitrogens with zero attached hydrogens (tertiary/aromatic N) is 2. The second kappa shape index (κ2) is 9.93. The number of fused-ring (bicyclic) bond motifs is 1. The minimum Gasteiger partial charge on any atom is -0.486 e. The van der Waals surface area contributed by atoms with E-state index in [1.807, 2.05) is 18.2 Å². The van der Waals surface area contributed by atoms with Gasteiger partial charge in [-0.15, -0.1) is 0 Å². The second-order valence-corrected chi connectivity index (χ2v) is 11.1. The molecule has 1 N–H and O–H groups in total. The molecule has 2 fully saturated rings. The van der Waals surface area contributed by atoms with Crippen molar-refractivity contribution < 1.29 is 22.7 Å². The summed E-state index contributed by atoms with van der Waals surface area (Å²) in [5, 5.41) is 3.20. The summed E-state index contributed by atoms with van der Waals surface area (Å²) in [5.74, 6) is 0.909. The van der Waals surface area contributed by atoms with Crippen molar-refractivity contribution in [2.24, 2.45) is 5.92 Å². The lowest BCUT2D eigenvalue weighted by Gasteiger charge is -2.31. The monoisotopic (exact) mass is 485 g/mol. The van der Waals surface area contributed by atoms with Gasteiger partial charge in [-0.1, -0.05) is 30.3 Å². The molecular formula is C25H31N3O5S. The van der Waals surface area contributed by atoms with Crippen LogP contribution in [0, 0.1) is 5.92 Å². The van der Waals surface area contributed by atoms with E-state index in [9.17, 15) is 13.2 Å². The Labute approximate surface area is 200 Å². The highest BCUT2D eigenvalue weighted by molar-refractivity contribution is 7.89. The fourth-order valence-electron chi connectivity index (χ4n) is 4.95. The number of piperidine rings is 1. The van der Waals surface area contributed by atoms with E-state index in [0.29, 0.717) is 50.6 Å². The molecule has 9 heteroatoms. The van der Waals surface area contributed by atoms with Gasteiger partial charge in [-0.2, -0.15) is 4.31 Å². The summed E-state index contributed by atoms with van der Waals surface area (Å²) in [5.41, 5.74) is 1.28. The maximum atomic E-state index is 13.1. The lowest BCUT2D eigenvalue weighted by molar-refractivity contribution is -0.126. The number of rotatable bonds is 6. The lowest BCUT2D eigenvalue weighted by atomic mass is 9.97. The van der Waals surface area contributed by atoms with Crippen LogP contribution in [0.5, 0.6) is 11.5 Å². The molecule has 1 atom stereocenters. The van der Waals surface area contributed by atoms with Crippen LogP contribution in [0.4, 0.5) is 0 Å². The number of sulfonamides is 1. The number of nitrogens with one attached hydrogen (secondary N) is 1. The topological polar surface area (TPSA) is 88.2 Å². The third-order valence-electron chi connectivity index (χ3n) is 6.84. The summed E-state index contributed by atoms with van der Waals surface area (Å²) in [7, 11) is -3.64. The Kier molecular flexibility index (Phi) is 6.76. The van der Waals surface area contributed by atoms with E-state index in [0.717, 1.165) is 26.1 Å². The lowest BCUT2D eigenvalue weighted by Crippen LogP contribution is -2.45.